The standard InChI is InChI=1S/C9H11N/c1-7-2-3-8-4-5-10-9(8)6-7/h4-6,10H,2-3H2,1H3. The third-order valence-electron chi connectivity index (χ3n) is 2.05. The molecule has 1 heteroatoms. The lowest BCUT2D eigenvalue weighted by Crippen LogP contribution is -1.93. The van der Waals surface area contributed by atoms with Crippen LogP contribution < -0.4 is 0 Å². The van der Waals surface area contributed by atoms with Gasteiger partial charge in [0.1, 0.15) is 0 Å². The van der Waals surface area contributed by atoms with E-state index in [2.05, 4.69) is 24.1 Å². The van der Waals surface area contributed by atoms with Crippen molar-refractivity contribution in [2.45, 2.75) is 19.8 Å². The summed E-state index contributed by atoms with van der Waals surface area (Å²) in [6.45, 7) is 2.18. The van der Waals surface area contributed by atoms with Crippen LogP contribution in [0.25, 0.3) is 6.08 Å². The zero-order chi connectivity index (χ0) is 6.97. The van der Waals surface area contributed by atoms with Crippen LogP contribution in [0.1, 0.15) is 24.6 Å². The van der Waals surface area contributed by atoms with Crippen molar-refractivity contribution in [3.05, 3.63) is 29.1 Å². The van der Waals surface area contributed by atoms with Crippen molar-refractivity contribution in [2.75, 3.05) is 0 Å². The molecule has 0 aromatic carbocycles. The molecule has 1 aliphatic carbocycles. The minimum Gasteiger partial charge on any atom is -0.361 e. The Labute approximate surface area is 60.8 Å². The number of rotatable bonds is 0. The summed E-state index contributed by atoms with van der Waals surface area (Å²) < 4.78 is 0. The van der Waals surface area contributed by atoms with E-state index in [0.717, 1.165) is 0 Å². The average molecular weight is 133 g/mol. The van der Waals surface area contributed by atoms with Crippen LogP contribution in [0.3, 0.4) is 0 Å². The van der Waals surface area contributed by atoms with Crippen LogP contribution in [-0.2, 0) is 6.42 Å². The predicted molar refractivity (Wildman–Crippen MR) is 42.8 cm³/mol. The molecule has 0 aliphatic heterocycles. The highest BCUT2D eigenvalue weighted by Gasteiger charge is 2.06. The van der Waals surface area contributed by atoms with E-state index in [9.17, 15) is 0 Å². The van der Waals surface area contributed by atoms with Crippen molar-refractivity contribution in [3.63, 3.8) is 0 Å². The van der Waals surface area contributed by atoms with E-state index in [-0.39, 0.29) is 0 Å². The third-order valence-corrected chi connectivity index (χ3v) is 2.05. The van der Waals surface area contributed by atoms with Gasteiger partial charge in [-0.25, -0.2) is 0 Å². The topological polar surface area (TPSA) is 15.8 Å². The first kappa shape index (κ1) is 5.78. The molecule has 0 amide bonds. The summed E-state index contributed by atoms with van der Waals surface area (Å²) in [6, 6.07) is 2.16. The summed E-state index contributed by atoms with van der Waals surface area (Å²) >= 11 is 0. The van der Waals surface area contributed by atoms with Gasteiger partial charge in [-0.2, -0.15) is 0 Å². The van der Waals surface area contributed by atoms with Crippen molar-refractivity contribution in [2.24, 2.45) is 0 Å². The van der Waals surface area contributed by atoms with Gasteiger partial charge in [0.2, 0.25) is 0 Å². The van der Waals surface area contributed by atoms with Crippen molar-refractivity contribution in [1.29, 1.82) is 0 Å². The second-order valence-corrected chi connectivity index (χ2v) is 2.91. The molecule has 1 heterocycles. The molecule has 1 nitrogen and oxygen atoms in total. The average Bonchev–Trinajstić information content (AvgIpc) is 2.33. The van der Waals surface area contributed by atoms with Crippen LogP contribution in [0, 0.1) is 0 Å². The number of H-pyrrole nitrogens is 1. The maximum atomic E-state index is 3.21. The highest BCUT2D eigenvalue weighted by atomic mass is 14.7. The van der Waals surface area contributed by atoms with E-state index in [1.54, 1.807) is 0 Å². The molecule has 0 saturated heterocycles. The van der Waals surface area contributed by atoms with E-state index in [1.165, 1.54) is 29.7 Å². The molecule has 0 radical (unpaired) electrons. The first-order valence-electron chi connectivity index (χ1n) is 3.70. The lowest BCUT2D eigenvalue weighted by atomic mass is 9.99. The largest absolute Gasteiger partial charge is 0.361 e. The van der Waals surface area contributed by atoms with E-state index in [4.69, 9.17) is 0 Å². The maximum Gasteiger partial charge on any atom is 0.0412 e. The second kappa shape index (κ2) is 2.01. The minimum absolute atomic E-state index is 1.21. The Bertz CT molecular complexity index is 268. The molecule has 0 fully saturated rings. The van der Waals surface area contributed by atoms with Gasteiger partial charge in [0.05, 0.1) is 0 Å². The highest BCUT2D eigenvalue weighted by molar-refractivity contribution is 5.55. The molecule has 1 aromatic rings. The van der Waals surface area contributed by atoms with Gasteiger partial charge in [0.25, 0.3) is 0 Å². The van der Waals surface area contributed by atoms with Crippen molar-refractivity contribution >= 4 is 6.08 Å². The summed E-state index contributed by atoms with van der Waals surface area (Å²) in [5.74, 6) is 0. The van der Waals surface area contributed by atoms with Gasteiger partial charge in [-0.15, -0.1) is 0 Å². The summed E-state index contributed by atoms with van der Waals surface area (Å²) in [5.41, 5.74) is 4.25. The van der Waals surface area contributed by atoms with Gasteiger partial charge < -0.3 is 4.98 Å². The van der Waals surface area contributed by atoms with E-state index in [0.29, 0.717) is 0 Å². The smallest absolute Gasteiger partial charge is 0.0412 e. The molecule has 1 aromatic heterocycles. The fourth-order valence-corrected chi connectivity index (χ4v) is 1.42. The van der Waals surface area contributed by atoms with Gasteiger partial charge in [0, 0.05) is 11.9 Å². The van der Waals surface area contributed by atoms with Crippen LogP contribution in [0.2, 0.25) is 0 Å². The molecule has 0 atom stereocenters. The Balaban J connectivity index is 2.50. The Morgan fingerprint density at radius 3 is 3.20 bits per heavy atom. The van der Waals surface area contributed by atoms with E-state index >= 15 is 0 Å². The molecule has 0 bridgehead atoms. The Kier molecular flexibility index (Phi) is 1.16. The van der Waals surface area contributed by atoms with Gasteiger partial charge in [0.15, 0.2) is 0 Å². The third kappa shape index (κ3) is 0.783. The maximum absolute atomic E-state index is 3.21. The normalized spacial score (nSPS) is 16.3. The van der Waals surface area contributed by atoms with Crippen LogP contribution >= 0.6 is 0 Å². The number of nitrogens with one attached hydrogen (secondary N) is 1. The molecular formula is C9H11N. The van der Waals surface area contributed by atoms with Crippen LogP contribution in [0.15, 0.2) is 17.8 Å². The molecule has 0 saturated carbocycles. The number of allylic oxidation sites excluding steroid dienone is 1. The van der Waals surface area contributed by atoms with Gasteiger partial charge in [-0.05, 0) is 37.5 Å². The highest BCUT2D eigenvalue weighted by Crippen LogP contribution is 2.21. The quantitative estimate of drug-likeness (QED) is 0.559. The van der Waals surface area contributed by atoms with Crippen LogP contribution in [0.4, 0.5) is 0 Å². The van der Waals surface area contributed by atoms with Gasteiger partial charge in [-0.1, -0.05) is 5.57 Å². The Morgan fingerprint density at radius 1 is 1.40 bits per heavy atom. The lowest BCUT2D eigenvalue weighted by Gasteiger charge is -2.08. The van der Waals surface area contributed by atoms with Gasteiger partial charge in [-0.3, -0.25) is 0 Å². The number of hydrogen-bond acceptors (Lipinski definition) is 0. The summed E-state index contributed by atoms with van der Waals surface area (Å²) in [5, 5.41) is 0. The number of aromatic nitrogens is 1. The van der Waals surface area contributed by atoms with Crippen molar-refractivity contribution in [3.8, 4) is 0 Å². The zero-order valence-corrected chi connectivity index (χ0v) is 6.15. The monoisotopic (exact) mass is 133 g/mol. The van der Waals surface area contributed by atoms with Crippen LogP contribution in [0.5, 0.6) is 0 Å². The Morgan fingerprint density at radius 2 is 2.30 bits per heavy atom. The summed E-state index contributed by atoms with van der Waals surface area (Å²) in [6.07, 6.45) is 6.69. The predicted octanol–water partition coefficient (Wildman–Crippen LogP) is 2.36. The zero-order valence-electron chi connectivity index (χ0n) is 6.15. The fourth-order valence-electron chi connectivity index (χ4n) is 1.42. The SMILES string of the molecule is CC1=Cc2[nH]ccc2CC1. The summed E-state index contributed by atoms with van der Waals surface area (Å²) in [4.78, 5) is 3.21. The first-order chi connectivity index (χ1) is 4.86. The Hall–Kier alpha value is -0.980. The number of aryl methyl sites for hydroxylation is 1. The molecule has 10 heavy (non-hydrogen) atoms. The van der Waals surface area contributed by atoms with Crippen LogP contribution in [-0.4, -0.2) is 4.98 Å². The molecule has 52 valence electrons. The number of aromatic amines is 1. The lowest BCUT2D eigenvalue weighted by molar-refractivity contribution is 0.927. The molecule has 1 aliphatic rings. The molecule has 1 N–H and O–H groups in total. The molecule has 2 rings (SSSR count). The van der Waals surface area contributed by atoms with Crippen molar-refractivity contribution < 1.29 is 0 Å². The summed E-state index contributed by atoms with van der Waals surface area (Å²) in [7, 11) is 0. The molecule has 0 unspecified atom stereocenters. The van der Waals surface area contributed by atoms with E-state index in [1.807, 2.05) is 6.20 Å². The number of fused-ring (bicyclic) bond motifs is 1. The van der Waals surface area contributed by atoms with E-state index < -0.39 is 0 Å². The first-order valence-corrected chi connectivity index (χ1v) is 3.70. The second-order valence-electron chi connectivity index (χ2n) is 2.91. The van der Waals surface area contributed by atoms with Gasteiger partial charge >= 0.3 is 0 Å². The minimum atomic E-state index is 1.21. The van der Waals surface area contributed by atoms with Crippen molar-refractivity contribution in [1.82, 2.24) is 4.98 Å². The number of hydrogen-bond donors (Lipinski definition) is 1. The molecule has 0 spiro atoms. The fraction of sp³-hybridized carbons (Fsp3) is 0.333. The molecular weight excluding hydrogens is 122 g/mol.